The second-order valence-electron chi connectivity index (χ2n) is 5.36. The van der Waals surface area contributed by atoms with E-state index in [0.29, 0.717) is 13.0 Å². The van der Waals surface area contributed by atoms with Gasteiger partial charge in [0.1, 0.15) is 5.82 Å². The Morgan fingerprint density at radius 2 is 2.00 bits per heavy atom. The minimum Gasteiger partial charge on any atom is -0.349 e. The normalized spacial score (nSPS) is 11.0. The van der Waals surface area contributed by atoms with E-state index in [1.807, 2.05) is 25.1 Å². The summed E-state index contributed by atoms with van der Waals surface area (Å²) in [6.45, 7) is 5.56. The van der Waals surface area contributed by atoms with Gasteiger partial charge in [0, 0.05) is 13.0 Å². The van der Waals surface area contributed by atoms with Crippen molar-refractivity contribution in [1.29, 1.82) is 0 Å². The highest BCUT2D eigenvalue weighted by atomic mass is 16.1. The lowest BCUT2D eigenvalue weighted by molar-refractivity contribution is -0.120. The summed E-state index contributed by atoms with van der Waals surface area (Å²) >= 11 is 0. The first kappa shape index (κ1) is 15.5. The van der Waals surface area contributed by atoms with Gasteiger partial charge in [0.05, 0.1) is 17.6 Å². The zero-order chi connectivity index (χ0) is 15.1. The van der Waals surface area contributed by atoms with Gasteiger partial charge in [-0.15, -0.1) is 0 Å². The Kier molecular flexibility index (Phi) is 5.78. The number of nitrogens with one attached hydrogen (secondary N) is 1. The standard InChI is InChI=1S/C17H25N3O/c1-3-5-6-9-12-20-15-11-8-7-10-14(15)19-16(20)13-18-17(21)4-2/h7-8,10-11H,3-6,9,12-13H2,1-2H3,(H,18,21). The van der Waals surface area contributed by atoms with E-state index in [0.717, 1.165) is 29.8 Å². The Morgan fingerprint density at radius 3 is 2.76 bits per heavy atom. The van der Waals surface area contributed by atoms with E-state index in [2.05, 4.69) is 27.9 Å². The molecule has 114 valence electrons. The van der Waals surface area contributed by atoms with Crippen molar-refractivity contribution >= 4 is 16.9 Å². The fraction of sp³-hybridized carbons (Fsp3) is 0.529. The number of benzene rings is 1. The number of nitrogens with zero attached hydrogens (tertiary/aromatic N) is 2. The van der Waals surface area contributed by atoms with Gasteiger partial charge in [-0.05, 0) is 18.6 Å². The van der Waals surface area contributed by atoms with Gasteiger partial charge in [0.2, 0.25) is 5.91 Å². The quantitative estimate of drug-likeness (QED) is 0.753. The Bertz CT molecular complexity index is 589. The molecule has 2 aromatic rings. The van der Waals surface area contributed by atoms with Crippen LogP contribution in [-0.2, 0) is 17.9 Å². The first-order chi connectivity index (χ1) is 10.3. The van der Waals surface area contributed by atoms with Crippen LogP contribution in [0.15, 0.2) is 24.3 Å². The van der Waals surface area contributed by atoms with Crippen LogP contribution in [0.5, 0.6) is 0 Å². The molecule has 0 spiro atoms. The number of rotatable bonds is 8. The number of aryl methyl sites for hydroxylation is 1. The number of aromatic nitrogens is 2. The van der Waals surface area contributed by atoms with Gasteiger partial charge < -0.3 is 9.88 Å². The molecule has 1 heterocycles. The number of fused-ring (bicyclic) bond motifs is 1. The van der Waals surface area contributed by atoms with Crippen LogP contribution >= 0.6 is 0 Å². The van der Waals surface area contributed by atoms with Gasteiger partial charge in [-0.2, -0.15) is 0 Å². The second-order valence-corrected chi connectivity index (χ2v) is 5.36. The van der Waals surface area contributed by atoms with Crippen molar-refractivity contribution < 1.29 is 4.79 Å². The van der Waals surface area contributed by atoms with Crippen LogP contribution in [0.25, 0.3) is 11.0 Å². The molecule has 4 heteroatoms. The maximum Gasteiger partial charge on any atom is 0.220 e. The summed E-state index contributed by atoms with van der Waals surface area (Å²) < 4.78 is 2.25. The minimum atomic E-state index is 0.0691. The van der Waals surface area contributed by atoms with Gasteiger partial charge in [0.15, 0.2) is 0 Å². The lowest BCUT2D eigenvalue weighted by Gasteiger charge is -2.09. The van der Waals surface area contributed by atoms with E-state index in [4.69, 9.17) is 0 Å². The molecule has 0 saturated carbocycles. The summed E-state index contributed by atoms with van der Waals surface area (Å²) in [5, 5.41) is 2.93. The van der Waals surface area contributed by atoms with Gasteiger partial charge in [-0.25, -0.2) is 4.98 Å². The fourth-order valence-corrected chi connectivity index (χ4v) is 2.51. The molecule has 0 bridgehead atoms. The van der Waals surface area contributed by atoms with Crippen molar-refractivity contribution in [2.24, 2.45) is 0 Å². The van der Waals surface area contributed by atoms with Crippen molar-refractivity contribution in [3.63, 3.8) is 0 Å². The lowest BCUT2D eigenvalue weighted by Crippen LogP contribution is -2.23. The number of carbonyl (C=O) groups excluding carboxylic acids is 1. The molecule has 0 aliphatic rings. The van der Waals surface area contributed by atoms with Crippen molar-refractivity contribution in [2.75, 3.05) is 0 Å². The van der Waals surface area contributed by atoms with Crippen molar-refractivity contribution in [1.82, 2.24) is 14.9 Å². The Labute approximate surface area is 126 Å². The van der Waals surface area contributed by atoms with E-state index in [9.17, 15) is 4.79 Å². The number of hydrogen-bond acceptors (Lipinski definition) is 2. The average molecular weight is 287 g/mol. The summed E-state index contributed by atoms with van der Waals surface area (Å²) in [5.41, 5.74) is 2.17. The van der Waals surface area contributed by atoms with E-state index in [-0.39, 0.29) is 5.91 Å². The molecule has 21 heavy (non-hydrogen) atoms. The van der Waals surface area contributed by atoms with Crippen LogP contribution in [0.2, 0.25) is 0 Å². The summed E-state index contributed by atoms with van der Waals surface area (Å²) in [7, 11) is 0. The van der Waals surface area contributed by atoms with Crippen molar-refractivity contribution in [3.8, 4) is 0 Å². The average Bonchev–Trinajstić information content (AvgIpc) is 2.87. The molecule has 1 amide bonds. The smallest absolute Gasteiger partial charge is 0.220 e. The summed E-state index contributed by atoms with van der Waals surface area (Å²) in [6.07, 6.45) is 5.42. The first-order valence-electron chi connectivity index (χ1n) is 7.97. The van der Waals surface area contributed by atoms with Crippen molar-refractivity contribution in [2.45, 2.75) is 59.0 Å². The van der Waals surface area contributed by atoms with Crippen molar-refractivity contribution in [3.05, 3.63) is 30.1 Å². The van der Waals surface area contributed by atoms with E-state index in [1.54, 1.807) is 0 Å². The molecule has 0 saturated heterocycles. The molecule has 0 fully saturated rings. The summed E-state index contributed by atoms with van der Waals surface area (Å²) in [4.78, 5) is 16.1. The van der Waals surface area contributed by atoms with E-state index in [1.165, 1.54) is 19.3 Å². The predicted octanol–water partition coefficient (Wildman–Crippen LogP) is 3.64. The third-order valence-electron chi connectivity index (χ3n) is 3.73. The number of amides is 1. The van der Waals surface area contributed by atoms with Gasteiger partial charge in [-0.3, -0.25) is 4.79 Å². The molecule has 0 unspecified atom stereocenters. The number of para-hydroxylation sites is 2. The molecule has 0 atom stereocenters. The predicted molar refractivity (Wildman–Crippen MR) is 86.0 cm³/mol. The number of carbonyl (C=O) groups is 1. The summed E-state index contributed by atoms with van der Waals surface area (Å²) in [5.74, 6) is 1.02. The fourth-order valence-electron chi connectivity index (χ4n) is 2.51. The molecule has 0 aliphatic carbocycles. The molecule has 1 aromatic carbocycles. The zero-order valence-electron chi connectivity index (χ0n) is 13.1. The first-order valence-corrected chi connectivity index (χ1v) is 7.97. The Hall–Kier alpha value is -1.84. The minimum absolute atomic E-state index is 0.0691. The Balaban J connectivity index is 2.15. The zero-order valence-corrected chi connectivity index (χ0v) is 13.1. The molecule has 0 aliphatic heterocycles. The lowest BCUT2D eigenvalue weighted by atomic mass is 10.2. The third-order valence-corrected chi connectivity index (χ3v) is 3.73. The van der Waals surface area contributed by atoms with E-state index < -0.39 is 0 Å². The monoisotopic (exact) mass is 287 g/mol. The van der Waals surface area contributed by atoms with Gasteiger partial charge in [0.25, 0.3) is 0 Å². The van der Waals surface area contributed by atoms with Crippen LogP contribution < -0.4 is 5.32 Å². The van der Waals surface area contributed by atoms with Crippen LogP contribution in [-0.4, -0.2) is 15.5 Å². The van der Waals surface area contributed by atoms with Crippen LogP contribution in [0.3, 0.4) is 0 Å². The largest absolute Gasteiger partial charge is 0.349 e. The third kappa shape index (κ3) is 4.06. The maximum atomic E-state index is 11.5. The SMILES string of the molecule is CCCCCCn1c(CNC(=O)CC)nc2ccccc21. The van der Waals surface area contributed by atoms with Crippen LogP contribution in [0.1, 0.15) is 51.8 Å². The second kappa shape index (κ2) is 7.81. The summed E-state index contributed by atoms with van der Waals surface area (Å²) in [6, 6.07) is 8.18. The van der Waals surface area contributed by atoms with Gasteiger partial charge in [-0.1, -0.05) is 45.2 Å². The maximum absolute atomic E-state index is 11.5. The molecular formula is C17H25N3O. The molecule has 1 N–H and O–H groups in total. The molecule has 1 aromatic heterocycles. The number of hydrogen-bond donors (Lipinski definition) is 1. The van der Waals surface area contributed by atoms with E-state index >= 15 is 0 Å². The Morgan fingerprint density at radius 1 is 1.19 bits per heavy atom. The molecule has 4 nitrogen and oxygen atoms in total. The van der Waals surface area contributed by atoms with Crippen LogP contribution in [0.4, 0.5) is 0 Å². The topological polar surface area (TPSA) is 46.9 Å². The van der Waals surface area contributed by atoms with Crippen LogP contribution in [0, 0.1) is 0 Å². The highest BCUT2D eigenvalue weighted by Crippen LogP contribution is 2.17. The molecule has 0 radical (unpaired) electrons. The van der Waals surface area contributed by atoms with Gasteiger partial charge >= 0.3 is 0 Å². The molecular weight excluding hydrogens is 262 g/mol. The highest BCUT2D eigenvalue weighted by Gasteiger charge is 2.10. The number of unbranched alkanes of at least 4 members (excludes halogenated alkanes) is 3. The molecule has 2 rings (SSSR count). The highest BCUT2D eigenvalue weighted by molar-refractivity contribution is 5.77. The number of imidazole rings is 1.